The normalized spacial score (nSPS) is 11.9. The lowest BCUT2D eigenvalue weighted by atomic mass is 10.2. The standard InChI is InChI=1S/C10H12ClN3O4S/c1-2-19(18)4-3-12-10(15)7-5-9(11)13-6-8(7)14(16)17/h5-6H,2-4H2,1H3,(H,12,15). The first-order valence-electron chi connectivity index (χ1n) is 5.38. The number of rotatable bonds is 6. The molecule has 1 aromatic heterocycles. The molecule has 1 heterocycles. The van der Waals surface area contributed by atoms with Crippen LogP contribution < -0.4 is 5.32 Å². The quantitative estimate of drug-likeness (QED) is 0.482. The van der Waals surface area contributed by atoms with E-state index in [4.69, 9.17) is 11.6 Å². The average molecular weight is 306 g/mol. The molecule has 0 radical (unpaired) electrons. The summed E-state index contributed by atoms with van der Waals surface area (Å²) in [6.45, 7) is 1.95. The van der Waals surface area contributed by atoms with Crippen molar-refractivity contribution in [2.75, 3.05) is 18.1 Å². The Kier molecular flexibility index (Phi) is 5.84. The maximum Gasteiger partial charge on any atom is 0.300 e. The zero-order valence-electron chi connectivity index (χ0n) is 10.1. The molecule has 1 aromatic rings. The van der Waals surface area contributed by atoms with Gasteiger partial charge in [0, 0.05) is 28.9 Å². The Morgan fingerprint density at radius 2 is 2.32 bits per heavy atom. The Bertz CT molecular complexity index is 523. The number of hydrogen-bond donors (Lipinski definition) is 1. The molecule has 1 unspecified atom stereocenters. The van der Waals surface area contributed by atoms with Gasteiger partial charge in [-0.2, -0.15) is 0 Å². The van der Waals surface area contributed by atoms with Gasteiger partial charge in [0.2, 0.25) is 0 Å². The number of amides is 1. The third kappa shape index (κ3) is 4.56. The van der Waals surface area contributed by atoms with Gasteiger partial charge in [0.25, 0.3) is 11.6 Å². The molecule has 0 spiro atoms. The first-order valence-corrected chi connectivity index (χ1v) is 7.25. The molecular weight excluding hydrogens is 294 g/mol. The van der Waals surface area contributed by atoms with Crippen molar-refractivity contribution in [3.63, 3.8) is 0 Å². The third-order valence-corrected chi connectivity index (χ3v) is 3.74. The fraction of sp³-hybridized carbons (Fsp3) is 0.400. The number of carbonyl (C=O) groups excluding carboxylic acids is 1. The van der Waals surface area contributed by atoms with E-state index in [0.29, 0.717) is 11.5 Å². The summed E-state index contributed by atoms with van der Waals surface area (Å²) in [5.74, 6) is 0.162. The van der Waals surface area contributed by atoms with Crippen LogP contribution in [0.15, 0.2) is 12.3 Å². The number of carbonyl (C=O) groups is 1. The summed E-state index contributed by atoms with van der Waals surface area (Å²) in [6.07, 6.45) is 0.932. The maximum atomic E-state index is 11.8. The summed E-state index contributed by atoms with van der Waals surface area (Å²) in [4.78, 5) is 25.4. The molecule has 1 amide bonds. The minimum absolute atomic E-state index is 0.00659. The number of aromatic nitrogens is 1. The summed E-state index contributed by atoms with van der Waals surface area (Å²) in [7, 11) is -1.01. The van der Waals surface area contributed by atoms with Gasteiger partial charge in [0.15, 0.2) is 0 Å². The van der Waals surface area contributed by atoms with Crippen LogP contribution in [0, 0.1) is 10.1 Å². The highest BCUT2D eigenvalue weighted by Gasteiger charge is 2.21. The molecule has 104 valence electrons. The van der Waals surface area contributed by atoms with E-state index in [0.717, 1.165) is 12.3 Å². The van der Waals surface area contributed by atoms with E-state index >= 15 is 0 Å². The molecule has 19 heavy (non-hydrogen) atoms. The van der Waals surface area contributed by atoms with Crippen molar-refractivity contribution in [2.24, 2.45) is 0 Å². The molecule has 0 aliphatic carbocycles. The van der Waals surface area contributed by atoms with Crippen molar-refractivity contribution in [1.29, 1.82) is 0 Å². The lowest BCUT2D eigenvalue weighted by molar-refractivity contribution is -0.385. The lowest BCUT2D eigenvalue weighted by Crippen LogP contribution is -2.28. The van der Waals surface area contributed by atoms with Crippen LogP contribution >= 0.6 is 11.6 Å². The lowest BCUT2D eigenvalue weighted by Gasteiger charge is -2.05. The van der Waals surface area contributed by atoms with Crippen LogP contribution in [0.3, 0.4) is 0 Å². The smallest absolute Gasteiger partial charge is 0.300 e. The molecule has 0 saturated heterocycles. The van der Waals surface area contributed by atoms with Crippen molar-refractivity contribution < 1.29 is 13.9 Å². The summed E-state index contributed by atoms with van der Waals surface area (Å²) < 4.78 is 11.2. The van der Waals surface area contributed by atoms with Gasteiger partial charge in [-0.15, -0.1) is 0 Å². The molecule has 1 rings (SSSR count). The third-order valence-electron chi connectivity index (χ3n) is 2.23. The molecule has 0 aliphatic heterocycles. The fourth-order valence-electron chi connectivity index (χ4n) is 1.27. The summed E-state index contributed by atoms with van der Waals surface area (Å²) in [5, 5.41) is 13.2. The molecule has 1 N–H and O–H groups in total. The van der Waals surface area contributed by atoms with Gasteiger partial charge >= 0.3 is 0 Å². The largest absolute Gasteiger partial charge is 0.351 e. The SMILES string of the molecule is CCS(=O)CCNC(=O)c1cc(Cl)ncc1[N+](=O)[O-]. The fourth-order valence-corrected chi connectivity index (χ4v) is 2.04. The van der Waals surface area contributed by atoms with Gasteiger partial charge in [0.05, 0.1) is 4.92 Å². The van der Waals surface area contributed by atoms with Crippen LogP contribution in [0.1, 0.15) is 17.3 Å². The van der Waals surface area contributed by atoms with E-state index in [1.165, 1.54) is 0 Å². The Balaban J connectivity index is 2.78. The van der Waals surface area contributed by atoms with Gasteiger partial charge in [-0.1, -0.05) is 18.5 Å². The van der Waals surface area contributed by atoms with Crippen LogP contribution in [0.4, 0.5) is 5.69 Å². The predicted molar refractivity (Wildman–Crippen MR) is 71.8 cm³/mol. The van der Waals surface area contributed by atoms with Crippen LogP contribution in [-0.2, 0) is 10.8 Å². The minimum atomic E-state index is -1.01. The Labute approximate surface area is 117 Å². The van der Waals surface area contributed by atoms with Gasteiger partial charge in [-0.3, -0.25) is 19.1 Å². The highest BCUT2D eigenvalue weighted by atomic mass is 35.5. The van der Waals surface area contributed by atoms with E-state index in [-0.39, 0.29) is 17.3 Å². The van der Waals surface area contributed by atoms with E-state index in [1.807, 2.05) is 0 Å². The topological polar surface area (TPSA) is 102 Å². The maximum absolute atomic E-state index is 11.8. The molecule has 0 aliphatic rings. The van der Waals surface area contributed by atoms with E-state index < -0.39 is 27.3 Å². The van der Waals surface area contributed by atoms with E-state index in [1.54, 1.807) is 6.92 Å². The van der Waals surface area contributed by atoms with Crippen molar-refractivity contribution in [1.82, 2.24) is 10.3 Å². The predicted octanol–water partition coefficient (Wildman–Crippen LogP) is 1.14. The number of hydrogen-bond acceptors (Lipinski definition) is 5. The number of nitrogens with one attached hydrogen (secondary N) is 1. The highest BCUT2D eigenvalue weighted by molar-refractivity contribution is 7.84. The van der Waals surface area contributed by atoms with Gasteiger partial charge < -0.3 is 5.32 Å². The number of nitro groups is 1. The van der Waals surface area contributed by atoms with Crippen LogP contribution in [0.25, 0.3) is 0 Å². The van der Waals surface area contributed by atoms with Crippen molar-refractivity contribution >= 4 is 34.0 Å². The molecule has 9 heteroatoms. The van der Waals surface area contributed by atoms with Crippen LogP contribution in [-0.4, -0.2) is 38.1 Å². The molecular formula is C10H12ClN3O4S. The molecule has 0 bridgehead atoms. The minimum Gasteiger partial charge on any atom is -0.351 e. The molecule has 7 nitrogen and oxygen atoms in total. The Hall–Kier alpha value is -1.54. The van der Waals surface area contributed by atoms with E-state index in [9.17, 15) is 19.1 Å². The molecule has 0 saturated carbocycles. The van der Waals surface area contributed by atoms with Gasteiger partial charge in [-0.25, -0.2) is 4.98 Å². The average Bonchev–Trinajstić information content (AvgIpc) is 2.37. The molecule has 1 atom stereocenters. The summed E-state index contributed by atoms with van der Waals surface area (Å²) in [5.41, 5.74) is -0.578. The first kappa shape index (κ1) is 15.5. The van der Waals surface area contributed by atoms with Crippen LogP contribution in [0.5, 0.6) is 0 Å². The van der Waals surface area contributed by atoms with Crippen molar-refractivity contribution in [3.8, 4) is 0 Å². The van der Waals surface area contributed by atoms with E-state index in [2.05, 4.69) is 10.3 Å². The summed E-state index contributed by atoms with van der Waals surface area (Å²) >= 11 is 5.61. The number of halogens is 1. The second kappa shape index (κ2) is 7.15. The Morgan fingerprint density at radius 1 is 1.63 bits per heavy atom. The van der Waals surface area contributed by atoms with Crippen molar-refractivity contribution in [3.05, 3.63) is 33.1 Å². The Morgan fingerprint density at radius 3 is 2.89 bits per heavy atom. The van der Waals surface area contributed by atoms with Crippen LogP contribution in [0.2, 0.25) is 5.15 Å². The zero-order valence-corrected chi connectivity index (χ0v) is 11.7. The first-order chi connectivity index (χ1) is 8.95. The highest BCUT2D eigenvalue weighted by Crippen LogP contribution is 2.19. The van der Waals surface area contributed by atoms with Crippen molar-refractivity contribution in [2.45, 2.75) is 6.92 Å². The molecule has 0 fully saturated rings. The summed E-state index contributed by atoms with van der Waals surface area (Å²) in [6, 6.07) is 1.13. The number of pyridine rings is 1. The van der Waals surface area contributed by atoms with Gasteiger partial charge in [0.1, 0.15) is 16.9 Å². The molecule has 0 aromatic carbocycles. The second-order valence-electron chi connectivity index (χ2n) is 3.47. The monoisotopic (exact) mass is 305 g/mol. The zero-order chi connectivity index (χ0) is 14.4. The van der Waals surface area contributed by atoms with Gasteiger partial charge in [-0.05, 0) is 6.07 Å². The number of nitrogens with zero attached hydrogens (tertiary/aromatic N) is 2. The second-order valence-corrected chi connectivity index (χ2v) is 5.72.